The predicted molar refractivity (Wildman–Crippen MR) is 100 cm³/mol. The van der Waals surface area contributed by atoms with Crippen LogP contribution in [0.2, 0.25) is 0 Å². The van der Waals surface area contributed by atoms with Crippen LogP contribution in [0.15, 0.2) is 24.3 Å². The zero-order valence-electron chi connectivity index (χ0n) is 14.9. The fourth-order valence-electron chi connectivity index (χ4n) is 3.66. The highest BCUT2D eigenvalue weighted by Gasteiger charge is 2.18. The van der Waals surface area contributed by atoms with Crippen molar-refractivity contribution >= 4 is 16.7 Å². The van der Waals surface area contributed by atoms with Crippen molar-refractivity contribution in [2.75, 3.05) is 44.7 Å². The van der Waals surface area contributed by atoms with E-state index in [1.54, 1.807) is 0 Å². The summed E-state index contributed by atoms with van der Waals surface area (Å²) in [6.07, 6.45) is 3.41. The molecule has 5 heteroatoms. The van der Waals surface area contributed by atoms with Gasteiger partial charge in [0.15, 0.2) is 0 Å². The van der Waals surface area contributed by atoms with Crippen molar-refractivity contribution in [3.63, 3.8) is 0 Å². The predicted octanol–water partition coefficient (Wildman–Crippen LogP) is 2.30. The van der Waals surface area contributed by atoms with Gasteiger partial charge in [0.05, 0.1) is 5.52 Å². The Kier molecular flexibility index (Phi) is 5.63. The Morgan fingerprint density at radius 3 is 2.71 bits per heavy atom. The van der Waals surface area contributed by atoms with Crippen molar-refractivity contribution in [2.24, 2.45) is 11.7 Å². The molecule has 0 bridgehead atoms. The van der Waals surface area contributed by atoms with Crippen molar-refractivity contribution in [2.45, 2.75) is 26.2 Å². The number of nitrogens with two attached hydrogens (primary N) is 1. The normalized spacial score (nSPS) is 16.6. The molecule has 2 N–H and O–H groups in total. The van der Waals surface area contributed by atoms with E-state index in [9.17, 15) is 0 Å². The number of fused-ring (bicyclic) bond motifs is 1. The van der Waals surface area contributed by atoms with Crippen LogP contribution in [0.3, 0.4) is 0 Å². The van der Waals surface area contributed by atoms with Crippen molar-refractivity contribution in [3.05, 3.63) is 30.1 Å². The lowest BCUT2D eigenvalue weighted by Gasteiger charge is -2.27. The van der Waals surface area contributed by atoms with Crippen LogP contribution in [0, 0.1) is 5.92 Å². The molecule has 0 amide bonds. The van der Waals surface area contributed by atoms with Crippen molar-refractivity contribution < 1.29 is 0 Å². The second-order valence-electron chi connectivity index (χ2n) is 7.01. The van der Waals surface area contributed by atoms with Crippen LogP contribution in [0.5, 0.6) is 0 Å². The lowest BCUT2D eigenvalue weighted by atomic mass is 10.1. The van der Waals surface area contributed by atoms with Crippen LogP contribution in [0.1, 0.15) is 25.6 Å². The summed E-state index contributed by atoms with van der Waals surface area (Å²) >= 11 is 0. The molecule has 0 spiro atoms. The fourth-order valence-corrected chi connectivity index (χ4v) is 3.66. The van der Waals surface area contributed by atoms with E-state index >= 15 is 0 Å². The van der Waals surface area contributed by atoms with E-state index in [1.165, 1.54) is 32.5 Å². The van der Waals surface area contributed by atoms with E-state index in [4.69, 9.17) is 10.7 Å². The Hall–Kier alpha value is -1.72. The van der Waals surface area contributed by atoms with E-state index in [0.29, 0.717) is 12.5 Å². The van der Waals surface area contributed by atoms with Gasteiger partial charge in [0.2, 0.25) is 0 Å². The summed E-state index contributed by atoms with van der Waals surface area (Å²) in [7, 11) is 2.14. The molecular formula is C19H29N5. The molecule has 1 aliphatic heterocycles. The molecule has 2 aromatic rings. The summed E-state index contributed by atoms with van der Waals surface area (Å²) < 4.78 is 0. The molecule has 1 atom stereocenters. The van der Waals surface area contributed by atoms with E-state index in [-0.39, 0.29) is 0 Å². The Balaban J connectivity index is 1.78. The van der Waals surface area contributed by atoms with Gasteiger partial charge in [0, 0.05) is 31.9 Å². The topological polar surface area (TPSA) is 58.3 Å². The fraction of sp³-hybridized carbons (Fsp3) is 0.579. The third kappa shape index (κ3) is 4.02. The van der Waals surface area contributed by atoms with Gasteiger partial charge in [-0.05, 0) is 50.5 Å². The minimum Gasteiger partial charge on any atom is -0.359 e. The lowest BCUT2D eigenvalue weighted by Crippen LogP contribution is -2.33. The lowest BCUT2D eigenvalue weighted by molar-refractivity contribution is 0.290. The zero-order valence-corrected chi connectivity index (χ0v) is 14.9. The Morgan fingerprint density at radius 2 is 1.96 bits per heavy atom. The van der Waals surface area contributed by atoms with Crippen LogP contribution in [0.25, 0.3) is 10.9 Å². The maximum absolute atomic E-state index is 5.70. The summed E-state index contributed by atoms with van der Waals surface area (Å²) in [6, 6.07) is 8.25. The van der Waals surface area contributed by atoms with E-state index < -0.39 is 0 Å². The van der Waals surface area contributed by atoms with E-state index in [1.807, 2.05) is 6.07 Å². The first-order chi connectivity index (χ1) is 11.7. The zero-order chi connectivity index (χ0) is 16.9. The van der Waals surface area contributed by atoms with Crippen LogP contribution in [-0.4, -0.2) is 54.6 Å². The van der Waals surface area contributed by atoms with Crippen molar-refractivity contribution in [3.8, 4) is 0 Å². The number of nitrogens with zero attached hydrogens (tertiary/aromatic N) is 4. The maximum atomic E-state index is 5.70. The number of aromatic nitrogens is 2. The van der Waals surface area contributed by atoms with Crippen LogP contribution < -0.4 is 10.6 Å². The molecule has 0 saturated carbocycles. The summed E-state index contributed by atoms with van der Waals surface area (Å²) in [5.74, 6) is 2.47. The first-order valence-electron chi connectivity index (χ1n) is 9.06. The van der Waals surface area contributed by atoms with Gasteiger partial charge in [-0.1, -0.05) is 19.1 Å². The highest BCUT2D eigenvalue weighted by Crippen LogP contribution is 2.24. The average molecular weight is 327 g/mol. The number of benzene rings is 1. The van der Waals surface area contributed by atoms with Crippen molar-refractivity contribution in [1.29, 1.82) is 0 Å². The smallest absolute Gasteiger partial charge is 0.139 e. The molecule has 1 fully saturated rings. The number of anilines is 1. The molecular weight excluding hydrogens is 298 g/mol. The first-order valence-corrected chi connectivity index (χ1v) is 9.06. The molecule has 0 radical (unpaired) electrons. The molecule has 1 aromatic carbocycles. The number of hydrogen-bond donors (Lipinski definition) is 1. The van der Waals surface area contributed by atoms with E-state index in [0.717, 1.165) is 35.5 Å². The molecule has 0 unspecified atom stereocenters. The van der Waals surface area contributed by atoms with E-state index in [2.05, 4.69) is 47.0 Å². The van der Waals surface area contributed by atoms with Crippen LogP contribution >= 0.6 is 0 Å². The highest BCUT2D eigenvalue weighted by molar-refractivity contribution is 5.89. The highest BCUT2D eigenvalue weighted by atomic mass is 15.2. The minimum absolute atomic E-state index is 0.576. The summed E-state index contributed by atoms with van der Waals surface area (Å²) in [4.78, 5) is 14.3. The Labute approximate surface area is 144 Å². The SMILES string of the molecule is C[C@H](CN1CCCC1)CN(C)c1nc(CCN)nc2ccccc12. The molecule has 3 rings (SSSR count). The standard InChI is InChI=1S/C19H29N5/c1-15(14-24-11-5-6-12-24)13-23(2)19-16-7-3-4-8-17(16)21-18(22-19)9-10-20/h3-4,7-8,15H,5-6,9-14,20H2,1-2H3/t15-/m0/s1. The second kappa shape index (κ2) is 7.90. The van der Waals surface area contributed by atoms with Gasteiger partial charge >= 0.3 is 0 Å². The second-order valence-corrected chi connectivity index (χ2v) is 7.01. The van der Waals surface area contributed by atoms with Crippen LogP contribution in [0.4, 0.5) is 5.82 Å². The third-order valence-electron chi connectivity index (χ3n) is 4.71. The van der Waals surface area contributed by atoms with Gasteiger partial charge in [-0.3, -0.25) is 0 Å². The number of likely N-dealkylation sites (tertiary alicyclic amines) is 1. The molecule has 1 saturated heterocycles. The minimum atomic E-state index is 0.576. The largest absolute Gasteiger partial charge is 0.359 e. The molecule has 130 valence electrons. The summed E-state index contributed by atoms with van der Waals surface area (Å²) in [5.41, 5.74) is 6.71. The summed E-state index contributed by atoms with van der Waals surface area (Å²) in [6.45, 7) is 7.59. The molecule has 24 heavy (non-hydrogen) atoms. The quantitative estimate of drug-likeness (QED) is 0.845. The van der Waals surface area contributed by atoms with Gasteiger partial charge < -0.3 is 15.5 Å². The van der Waals surface area contributed by atoms with Crippen LogP contribution in [-0.2, 0) is 6.42 Å². The summed E-state index contributed by atoms with van der Waals surface area (Å²) in [5, 5.41) is 1.12. The Morgan fingerprint density at radius 1 is 1.21 bits per heavy atom. The van der Waals surface area contributed by atoms with Gasteiger partial charge in [-0.15, -0.1) is 0 Å². The van der Waals surface area contributed by atoms with Gasteiger partial charge in [0.1, 0.15) is 11.6 Å². The van der Waals surface area contributed by atoms with Crippen molar-refractivity contribution in [1.82, 2.24) is 14.9 Å². The number of para-hydroxylation sites is 1. The van der Waals surface area contributed by atoms with Gasteiger partial charge in [-0.25, -0.2) is 9.97 Å². The molecule has 1 aromatic heterocycles. The number of rotatable bonds is 7. The maximum Gasteiger partial charge on any atom is 0.139 e. The molecule has 2 heterocycles. The molecule has 5 nitrogen and oxygen atoms in total. The molecule has 1 aliphatic rings. The van der Waals surface area contributed by atoms with Gasteiger partial charge in [-0.2, -0.15) is 0 Å². The number of hydrogen-bond acceptors (Lipinski definition) is 5. The monoisotopic (exact) mass is 327 g/mol. The first kappa shape index (κ1) is 17.1. The third-order valence-corrected chi connectivity index (χ3v) is 4.71. The average Bonchev–Trinajstić information content (AvgIpc) is 3.07. The molecule has 0 aliphatic carbocycles. The Bertz CT molecular complexity index is 666. The van der Waals surface area contributed by atoms with Gasteiger partial charge in [0.25, 0.3) is 0 Å².